The van der Waals surface area contributed by atoms with E-state index in [4.69, 9.17) is 0 Å². The highest BCUT2D eigenvalue weighted by Gasteiger charge is 2.04. The molecule has 0 N–H and O–H groups in total. The minimum atomic E-state index is 0.763. The van der Waals surface area contributed by atoms with Gasteiger partial charge >= 0.3 is 0 Å². The van der Waals surface area contributed by atoms with E-state index in [0.29, 0.717) is 0 Å². The normalized spacial score (nSPS) is 10.4. The zero-order chi connectivity index (χ0) is 11.4. The van der Waals surface area contributed by atoms with Crippen molar-refractivity contribution in [2.24, 2.45) is 0 Å². The first-order chi connectivity index (χ1) is 7.81. The molecule has 4 heteroatoms. The van der Waals surface area contributed by atoms with Crippen molar-refractivity contribution in [3.63, 3.8) is 0 Å². The lowest BCUT2D eigenvalue weighted by atomic mass is 10.1. The van der Waals surface area contributed by atoms with Gasteiger partial charge in [0.05, 0.1) is 5.69 Å². The van der Waals surface area contributed by atoms with Crippen molar-refractivity contribution in [1.82, 2.24) is 9.97 Å². The Morgan fingerprint density at radius 3 is 2.75 bits per heavy atom. The van der Waals surface area contributed by atoms with Crippen molar-refractivity contribution in [2.75, 3.05) is 5.75 Å². The molecule has 0 aliphatic heterocycles. The molecule has 0 aliphatic carbocycles. The summed E-state index contributed by atoms with van der Waals surface area (Å²) >= 11 is 7.71. The molecule has 0 spiro atoms. The first-order valence-electron chi connectivity index (χ1n) is 4.99. The van der Waals surface area contributed by atoms with Crippen LogP contribution in [0.5, 0.6) is 0 Å². The number of rotatable bonds is 3. The van der Waals surface area contributed by atoms with E-state index < -0.39 is 0 Å². The third-order valence-corrected chi connectivity index (χ3v) is 3.11. The third-order valence-electron chi connectivity index (χ3n) is 2.19. The van der Waals surface area contributed by atoms with E-state index in [2.05, 4.69) is 38.5 Å². The van der Waals surface area contributed by atoms with Gasteiger partial charge in [-0.05, 0) is 17.9 Å². The number of halogens is 1. The Morgan fingerprint density at radius 1 is 1.19 bits per heavy atom. The molecule has 1 aromatic carbocycles. The average Bonchev–Trinajstić information content (AvgIpc) is 2.30. The first-order valence-corrected chi connectivity index (χ1v) is 6.41. The van der Waals surface area contributed by atoms with E-state index >= 15 is 0 Å². The van der Waals surface area contributed by atoms with Gasteiger partial charge in [0.2, 0.25) is 0 Å². The second-order valence-corrected chi connectivity index (χ2v) is 4.61. The number of thiol groups is 1. The predicted molar refractivity (Wildman–Crippen MR) is 72.7 cm³/mol. The summed E-state index contributed by atoms with van der Waals surface area (Å²) in [5, 5.41) is 0. The lowest BCUT2D eigenvalue weighted by Crippen LogP contribution is -1.97. The Morgan fingerprint density at radius 2 is 2.00 bits per heavy atom. The van der Waals surface area contributed by atoms with Gasteiger partial charge in [0.15, 0.2) is 0 Å². The monoisotopic (exact) mass is 294 g/mol. The van der Waals surface area contributed by atoms with Crippen LogP contribution in [-0.2, 0) is 6.42 Å². The molecule has 0 fully saturated rings. The summed E-state index contributed by atoms with van der Waals surface area (Å²) < 4.78 is 1.05. The molecule has 0 saturated heterocycles. The van der Waals surface area contributed by atoms with E-state index in [-0.39, 0.29) is 0 Å². The fourth-order valence-electron chi connectivity index (χ4n) is 1.44. The molecule has 0 radical (unpaired) electrons. The summed E-state index contributed by atoms with van der Waals surface area (Å²) in [6.45, 7) is 0. The lowest BCUT2D eigenvalue weighted by Gasteiger charge is -2.04. The maximum absolute atomic E-state index is 4.50. The van der Waals surface area contributed by atoms with Crippen LogP contribution in [0.1, 0.15) is 5.82 Å². The average molecular weight is 295 g/mol. The molecular formula is C12H11BrN2S. The molecule has 16 heavy (non-hydrogen) atoms. The fraction of sp³-hybridized carbons (Fsp3) is 0.167. The number of hydrogen-bond acceptors (Lipinski definition) is 3. The Balaban J connectivity index is 2.40. The van der Waals surface area contributed by atoms with Gasteiger partial charge in [0.25, 0.3) is 0 Å². The summed E-state index contributed by atoms with van der Waals surface area (Å²) in [6, 6.07) is 9.96. The smallest absolute Gasteiger partial charge is 0.129 e. The molecule has 2 rings (SSSR count). The zero-order valence-corrected chi connectivity index (χ0v) is 11.1. The second-order valence-electron chi connectivity index (χ2n) is 3.31. The molecule has 0 unspecified atom stereocenters. The van der Waals surface area contributed by atoms with Crippen LogP contribution < -0.4 is 0 Å². The Bertz CT molecular complexity index is 488. The predicted octanol–water partition coefficient (Wildman–Crippen LogP) is 3.38. The van der Waals surface area contributed by atoms with E-state index in [1.807, 2.05) is 30.3 Å². The van der Waals surface area contributed by atoms with Crippen molar-refractivity contribution in [3.8, 4) is 11.3 Å². The van der Waals surface area contributed by atoms with Crippen molar-refractivity contribution >= 4 is 28.6 Å². The highest BCUT2D eigenvalue weighted by molar-refractivity contribution is 9.10. The number of aryl methyl sites for hydroxylation is 1. The highest BCUT2D eigenvalue weighted by atomic mass is 79.9. The SMILES string of the molecule is SCCc1nccc(-c2ccccc2Br)n1. The Labute approximate surface area is 109 Å². The largest absolute Gasteiger partial charge is 0.241 e. The highest BCUT2D eigenvalue weighted by Crippen LogP contribution is 2.25. The molecule has 0 bridgehead atoms. The van der Waals surface area contributed by atoms with Crippen LogP contribution in [-0.4, -0.2) is 15.7 Å². The maximum Gasteiger partial charge on any atom is 0.129 e. The summed E-state index contributed by atoms with van der Waals surface area (Å²) in [4.78, 5) is 8.71. The maximum atomic E-state index is 4.50. The van der Waals surface area contributed by atoms with Crippen LogP contribution in [0.25, 0.3) is 11.3 Å². The van der Waals surface area contributed by atoms with Gasteiger partial charge in [0.1, 0.15) is 5.82 Å². The standard InChI is InChI=1S/C12H11BrN2S/c13-10-4-2-1-3-9(10)11-5-7-14-12(15-11)6-8-16/h1-5,7,16H,6,8H2. The van der Waals surface area contributed by atoms with E-state index in [9.17, 15) is 0 Å². The molecule has 0 saturated carbocycles. The summed E-state index contributed by atoms with van der Waals surface area (Å²) in [6.07, 6.45) is 2.59. The van der Waals surface area contributed by atoms with Gasteiger partial charge in [-0.2, -0.15) is 12.6 Å². The number of benzene rings is 1. The van der Waals surface area contributed by atoms with Gasteiger partial charge in [-0.15, -0.1) is 0 Å². The molecule has 0 amide bonds. The van der Waals surface area contributed by atoms with Gasteiger partial charge in [-0.3, -0.25) is 0 Å². The number of nitrogens with zero attached hydrogens (tertiary/aromatic N) is 2. The van der Waals surface area contributed by atoms with Crippen LogP contribution >= 0.6 is 28.6 Å². The molecule has 2 aromatic rings. The molecule has 82 valence electrons. The number of hydrogen-bond donors (Lipinski definition) is 1. The van der Waals surface area contributed by atoms with Gasteiger partial charge < -0.3 is 0 Å². The lowest BCUT2D eigenvalue weighted by molar-refractivity contribution is 0.953. The van der Waals surface area contributed by atoms with Crippen LogP contribution in [0, 0.1) is 0 Å². The summed E-state index contributed by atoms with van der Waals surface area (Å²) in [7, 11) is 0. The molecule has 0 aliphatic rings. The van der Waals surface area contributed by atoms with Crippen LogP contribution in [0.4, 0.5) is 0 Å². The minimum absolute atomic E-state index is 0.763. The van der Waals surface area contributed by atoms with E-state index in [1.165, 1.54) is 0 Å². The molecule has 2 nitrogen and oxygen atoms in total. The first kappa shape index (κ1) is 11.6. The van der Waals surface area contributed by atoms with Crippen molar-refractivity contribution in [2.45, 2.75) is 6.42 Å². The Kier molecular flexibility index (Phi) is 3.96. The van der Waals surface area contributed by atoms with Crippen LogP contribution in [0.3, 0.4) is 0 Å². The van der Waals surface area contributed by atoms with Gasteiger partial charge in [-0.25, -0.2) is 9.97 Å². The molecule has 1 aromatic heterocycles. The minimum Gasteiger partial charge on any atom is -0.241 e. The van der Waals surface area contributed by atoms with Crippen LogP contribution in [0.15, 0.2) is 41.0 Å². The second kappa shape index (κ2) is 5.46. The quantitative estimate of drug-likeness (QED) is 0.878. The van der Waals surface area contributed by atoms with Crippen LogP contribution in [0.2, 0.25) is 0 Å². The summed E-state index contributed by atoms with van der Waals surface area (Å²) in [5.41, 5.74) is 2.03. The topological polar surface area (TPSA) is 25.8 Å². The fourth-order valence-corrected chi connectivity index (χ4v) is 2.13. The van der Waals surface area contributed by atoms with E-state index in [0.717, 1.165) is 33.7 Å². The molecular weight excluding hydrogens is 284 g/mol. The molecule has 1 heterocycles. The molecule has 0 atom stereocenters. The van der Waals surface area contributed by atoms with Gasteiger partial charge in [0, 0.05) is 22.7 Å². The third kappa shape index (κ3) is 2.62. The van der Waals surface area contributed by atoms with Crippen molar-refractivity contribution in [3.05, 3.63) is 46.8 Å². The zero-order valence-electron chi connectivity index (χ0n) is 8.60. The Hall–Kier alpha value is -0.870. The van der Waals surface area contributed by atoms with E-state index in [1.54, 1.807) is 6.20 Å². The van der Waals surface area contributed by atoms with Crippen molar-refractivity contribution in [1.29, 1.82) is 0 Å². The summed E-state index contributed by atoms with van der Waals surface area (Å²) in [5.74, 6) is 1.60. The van der Waals surface area contributed by atoms with Gasteiger partial charge in [-0.1, -0.05) is 34.1 Å². The van der Waals surface area contributed by atoms with Crippen molar-refractivity contribution < 1.29 is 0 Å². The number of aromatic nitrogens is 2.